The number of hydrogen-bond acceptors (Lipinski definition) is 7. The zero-order chi connectivity index (χ0) is 20.9. The van der Waals surface area contributed by atoms with Crippen LogP contribution in [0.2, 0.25) is 0 Å². The summed E-state index contributed by atoms with van der Waals surface area (Å²) in [7, 11) is 1.76. The van der Waals surface area contributed by atoms with Gasteiger partial charge < -0.3 is 10.3 Å². The molecule has 0 bridgehead atoms. The molecule has 3 rings (SSSR count). The van der Waals surface area contributed by atoms with Crippen molar-refractivity contribution in [1.82, 2.24) is 19.5 Å². The molecule has 0 amide bonds. The predicted molar refractivity (Wildman–Crippen MR) is 105 cm³/mol. The number of rotatable bonds is 4. The van der Waals surface area contributed by atoms with Crippen molar-refractivity contribution >= 4 is 34.6 Å². The second kappa shape index (κ2) is 9.16. The Morgan fingerprint density at radius 1 is 1.29 bits per heavy atom. The van der Waals surface area contributed by atoms with Gasteiger partial charge in [-0.3, -0.25) is 0 Å². The van der Waals surface area contributed by atoms with Crippen molar-refractivity contribution in [3.05, 3.63) is 30.1 Å². The van der Waals surface area contributed by atoms with E-state index < -0.39 is 11.9 Å². The van der Waals surface area contributed by atoms with Gasteiger partial charge in [0.15, 0.2) is 12.0 Å². The van der Waals surface area contributed by atoms with Gasteiger partial charge in [-0.05, 0) is 30.2 Å². The fourth-order valence-electron chi connectivity index (χ4n) is 2.43. The number of halogens is 3. The Morgan fingerprint density at radius 3 is 2.54 bits per heavy atom. The Morgan fingerprint density at radius 2 is 1.96 bits per heavy atom. The molecule has 3 aromatic rings. The Hall–Kier alpha value is -2.45. The van der Waals surface area contributed by atoms with Crippen molar-refractivity contribution in [2.45, 2.75) is 23.0 Å². The Kier molecular flexibility index (Phi) is 7.15. The SMILES string of the molecule is CCSc1ccc(SC)nc1-c1nc2cc(C(F)(F)F)ncc2n1C.N#CN. The van der Waals surface area contributed by atoms with E-state index in [0.29, 0.717) is 17.0 Å². The van der Waals surface area contributed by atoms with Gasteiger partial charge in [-0.2, -0.15) is 18.4 Å². The first-order valence-electron chi connectivity index (χ1n) is 7.94. The van der Waals surface area contributed by atoms with Gasteiger partial charge in [0.1, 0.15) is 11.4 Å². The van der Waals surface area contributed by atoms with Gasteiger partial charge in [0.25, 0.3) is 0 Å². The summed E-state index contributed by atoms with van der Waals surface area (Å²) in [6.07, 6.45) is -0.112. The zero-order valence-corrected chi connectivity index (χ0v) is 16.9. The van der Waals surface area contributed by atoms with Crippen molar-refractivity contribution in [1.29, 1.82) is 5.26 Å². The van der Waals surface area contributed by atoms with Gasteiger partial charge in [-0.1, -0.05) is 6.92 Å². The van der Waals surface area contributed by atoms with Crippen LogP contribution in [-0.2, 0) is 13.2 Å². The van der Waals surface area contributed by atoms with E-state index in [1.54, 1.807) is 23.4 Å². The first-order valence-corrected chi connectivity index (χ1v) is 10.1. The number of alkyl halides is 3. The normalized spacial score (nSPS) is 11.0. The van der Waals surface area contributed by atoms with Gasteiger partial charge in [0.2, 0.25) is 0 Å². The highest BCUT2D eigenvalue weighted by Crippen LogP contribution is 2.34. The number of thioether (sulfide) groups is 2. The molecule has 0 saturated carbocycles. The molecule has 3 heterocycles. The van der Waals surface area contributed by atoms with Crippen LogP contribution in [0.15, 0.2) is 34.3 Å². The molecule has 0 aromatic carbocycles. The molecule has 0 aliphatic heterocycles. The third-order valence-electron chi connectivity index (χ3n) is 3.61. The first-order chi connectivity index (χ1) is 13.3. The largest absolute Gasteiger partial charge is 0.433 e. The second-order valence-corrected chi connectivity index (χ2v) is 7.45. The maximum Gasteiger partial charge on any atom is 0.433 e. The fraction of sp³-hybridized carbons (Fsp3) is 0.294. The molecule has 0 saturated heterocycles. The summed E-state index contributed by atoms with van der Waals surface area (Å²) in [5, 5.41) is 7.93. The topological polar surface area (TPSA) is 93.4 Å². The number of aryl methyl sites for hydroxylation is 1. The summed E-state index contributed by atoms with van der Waals surface area (Å²) in [5.74, 6) is 1.39. The number of fused-ring (bicyclic) bond motifs is 1. The molecule has 2 N–H and O–H groups in total. The van der Waals surface area contributed by atoms with Crippen LogP contribution in [-0.4, -0.2) is 31.5 Å². The fourth-order valence-corrected chi connectivity index (χ4v) is 3.57. The second-order valence-electron chi connectivity index (χ2n) is 5.31. The molecule has 6 nitrogen and oxygen atoms in total. The van der Waals surface area contributed by atoms with Crippen molar-refractivity contribution in [3.63, 3.8) is 0 Å². The Balaban J connectivity index is 0.000000878. The minimum Gasteiger partial charge on any atom is -0.337 e. The van der Waals surface area contributed by atoms with Crippen LogP contribution in [0.5, 0.6) is 0 Å². The van der Waals surface area contributed by atoms with Gasteiger partial charge in [0.05, 0.1) is 22.3 Å². The van der Waals surface area contributed by atoms with Crippen LogP contribution in [0.4, 0.5) is 13.2 Å². The van der Waals surface area contributed by atoms with Crippen LogP contribution >= 0.6 is 23.5 Å². The highest BCUT2D eigenvalue weighted by atomic mass is 32.2. The number of nitrogens with two attached hydrogens (primary N) is 1. The smallest absolute Gasteiger partial charge is 0.337 e. The van der Waals surface area contributed by atoms with Crippen molar-refractivity contribution in [2.24, 2.45) is 12.8 Å². The van der Waals surface area contributed by atoms with Crippen molar-refractivity contribution in [2.75, 3.05) is 12.0 Å². The summed E-state index contributed by atoms with van der Waals surface area (Å²) < 4.78 is 40.4. The summed E-state index contributed by atoms with van der Waals surface area (Å²) >= 11 is 3.13. The number of nitriles is 1. The molecule has 0 radical (unpaired) electrons. The standard InChI is InChI=1S/C16H15F3N4S2.CH2N2/c1-4-25-11-5-6-13(24-3)22-14(11)15-21-9-7-12(16(17,18)19)20-8-10(9)23(15)2;2-1-3/h5-8H,4H2,1-3H3;2H2. The highest BCUT2D eigenvalue weighted by Gasteiger charge is 2.33. The van der Waals surface area contributed by atoms with Crippen molar-refractivity contribution < 1.29 is 13.2 Å². The third-order valence-corrected chi connectivity index (χ3v) is 5.19. The van der Waals surface area contributed by atoms with Gasteiger partial charge in [0, 0.05) is 11.9 Å². The first kappa shape index (κ1) is 21.8. The quantitative estimate of drug-likeness (QED) is 0.377. The number of imidazole rings is 1. The average Bonchev–Trinajstić information content (AvgIpc) is 2.98. The lowest BCUT2D eigenvalue weighted by Gasteiger charge is -2.09. The van der Waals surface area contributed by atoms with Gasteiger partial charge in [-0.15, -0.1) is 23.5 Å². The maximum absolute atomic E-state index is 12.9. The van der Waals surface area contributed by atoms with Crippen LogP contribution in [0.1, 0.15) is 12.6 Å². The van der Waals surface area contributed by atoms with E-state index >= 15 is 0 Å². The summed E-state index contributed by atoms with van der Waals surface area (Å²) in [5.41, 5.74) is 4.67. The molecule has 28 heavy (non-hydrogen) atoms. The minimum atomic E-state index is -4.49. The number of hydrogen-bond donors (Lipinski definition) is 1. The molecule has 0 spiro atoms. The summed E-state index contributed by atoms with van der Waals surface area (Å²) in [6, 6.07) is 4.88. The van der Waals surface area contributed by atoms with E-state index in [0.717, 1.165) is 21.7 Å². The summed E-state index contributed by atoms with van der Waals surface area (Å²) in [4.78, 5) is 13.5. The molecule has 148 valence electrons. The molecule has 0 aliphatic rings. The number of nitrogens with zero attached hydrogens (tertiary/aromatic N) is 5. The lowest BCUT2D eigenvalue weighted by molar-refractivity contribution is -0.141. The average molecular weight is 426 g/mol. The van der Waals surface area contributed by atoms with Gasteiger partial charge in [-0.25, -0.2) is 15.0 Å². The molecule has 3 aromatic heterocycles. The Bertz CT molecular complexity index is 1010. The van der Waals surface area contributed by atoms with Crippen LogP contribution in [0.25, 0.3) is 22.6 Å². The van der Waals surface area contributed by atoms with E-state index in [-0.39, 0.29) is 5.52 Å². The lowest BCUT2D eigenvalue weighted by Crippen LogP contribution is -2.07. The maximum atomic E-state index is 12.9. The van der Waals surface area contributed by atoms with Crippen LogP contribution in [0.3, 0.4) is 0 Å². The monoisotopic (exact) mass is 426 g/mol. The zero-order valence-electron chi connectivity index (χ0n) is 15.3. The Labute approximate surface area is 168 Å². The predicted octanol–water partition coefficient (Wildman–Crippen LogP) is 4.31. The van der Waals surface area contributed by atoms with Crippen LogP contribution in [0, 0.1) is 11.5 Å². The third kappa shape index (κ3) is 4.69. The molecule has 11 heteroatoms. The van der Waals surface area contributed by atoms with E-state index in [1.807, 2.05) is 25.3 Å². The van der Waals surface area contributed by atoms with E-state index in [1.165, 1.54) is 24.2 Å². The molecular formula is C17H17F3N6S2. The van der Waals surface area contributed by atoms with Crippen molar-refractivity contribution in [3.8, 4) is 17.7 Å². The van der Waals surface area contributed by atoms with E-state index in [4.69, 9.17) is 5.26 Å². The molecule has 0 aliphatic carbocycles. The number of pyridine rings is 2. The minimum absolute atomic E-state index is 0.253. The summed E-state index contributed by atoms with van der Waals surface area (Å²) in [6.45, 7) is 2.03. The molecule has 0 fully saturated rings. The van der Waals surface area contributed by atoms with E-state index in [2.05, 4.69) is 20.7 Å². The molecular weight excluding hydrogens is 409 g/mol. The van der Waals surface area contributed by atoms with E-state index in [9.17, 15) is 13.2 Å². The molecule has 0 unspecified atom stereocenters. The highest BCUT2D eigenvalue weighted by molar-refractivity contribution is 7.99. The number of aromatic nitrogens is 4. The molecule has 0 atom stereocenters. The van der Waals surface area contributed by atoms with Crippen LogP contribution < -0.4 is 5.73 Å². The lowest BCUT2D eigenvalue weighted by atomic mass is 10.3. The van der Waals surface area contributed by atoms with Gasteiger partial charge >= 0.3 is 6.18 Å².